The van der Waals surface area contributed by atoms with Gasteiger partial charge in [-0.2, -0.15) is 0 Å². The summed E-state index contributed by atoms with van der Waals surface area (Å²) in [5.41, 5.74) is 9.45. The SMILES string of the molecule is CNC(=O)OCCCNc1ccc2ncc(-c3ccc(CN)cc3)n2n1. The molecule has 3 aromatic rings. The summed E-state index contributed by atoms with van der Waals surface area (Å²) >= 11 is 0. The van der Waals surface area contributed by atoms with Gasteiger partial charge in [-0.15, -0.1) is 5.10 Å². The van der Waals surface area contributed by atoms with Crippen molar-refractivity contribution in [2.45, 2.75) is 13.0 Å². The first-order valence-electron chi connectivity index (χ1n) is 8.44. The minimum absolute atomic E-state index is 0.346. The Kier molecular flexibility index (Phi) is 5.65. The standard InChI is InChI=1S/C18H22N6O2/c1-20-18(25)26-10-2-9-21-16-7-8-17-22-12-15(24(17)23-16)14-5-3-13(11-19)4-6-14/h3-8,12H,2,9-11,19H2,1H3,(H,20,25)(H,21,23). The first kappa shape index (κ1) is 17.7. The van der Waals surface area contributed by atoms with Gasteiger partial charge in [0, 0.05) is 25.7 Å². The van der Waals surface area contributed by atoms with Gasteiger partial charge in [0.1, 0.15) is 5.82 Å². The molecule has 0 aliphatic carbocycles. The molecular formula is C18H22N6O2. The van der Waals surface area contributed by atoms with Crippen molar-refractivity contribution in [3.63, 3.8) is 0 Å². The highest BCUT2D eigenvalue weighted by Gasteiger charge is 2.08. The van der Waals surface area contributed by atoms with Crippen molar-refractivity contribution < 1.29 is 9.53 Å². The summed E-state index contributed by atoms with van der Waals surface area (Å²) in [6.07, 6.45) is 2.07. The van der Waals surface area contributed by atoms with Gasteiger partial charge in [-0.3, -0.25) is 0 Å². The zero-order valence-corrected chi connectivity index (χ0v) is 14.6. The van der Waals surface area contributed by atoms with Crippen LogP contribution in [-0.4, -0.2) is 40.9 Å². The number of aromatic nitrogens is 3. The van der Waals surface area contributed by atoms with E-state index in [2.05, 4.69) is 20.7 Å². The van der Waals surface area contributed by atoms with Crippen LogP contribution >= 0.6 is 0 Å². The van der Waals surface area contributed by atoms with Gasteiger partial charge in [0.25, 0.3) is 0 Å². The summed E-state index contributed by atoms with van der Waals surface area (Å²) in [5.74, 6) is 0.732. The van der Waals surface area contributed by atoms with E-state index < -0.39 is 6.09 Å². The van der Waals surface area contributed by atoms with Gasteiger partial charge < -0.3 is 21.1 Å². The Hall–Kier alpha value is -3.13. The second-order valence-electron chi connectivity index (χ2n) is 5.70. The Morgan fingerprint density at radius 2 is 2.04 bits per heavy atom. The van der Waals surface area contributed by atoms with Crippen LogP contribution in [0, 0.1) is 0 Å². The Morgan fingerprint density at radius 1 is 1.23 bits per heavy atom. The van der Waals surface area contributed by atoms with Crippen LogP contribution in [0.2, 0.25) is 0 Å². The van der Waals surface area contributed by atoms with Crippen LogP contribution in [0.3, 0.4) is 0 Å². The number of hydrogen-bond acceptors (Lipinski definition) is 6. The van der Waals surface area contributed by atoms with Gasteiger partial charge in [0.15, 0.2) is 5.65 Å². The molecule has 3 rings (SSSR count). The van der Waals surface area contributed by atoms with E-state index >= 15 is 0 Å². The Bertz CT molecular complexity index is 875. The maximum absolute atomic E-state index is 11.0. The third-order valence-electron chi connectivity index (χ3n) is 3.91. The van der Waals surface area contributed by atoms with Gasteiger partial charge in [-0.05, 0) is 24.1 Å². The van der Waals surface area contributed by atoms with E-state index in [0.29, 0.717) is 26.1 Å². The molecule has 0 aliphatic heterocycles. The van der Waals surface area contributed by atoms with Gasteiger partial charge in [0.05, 0.1) is 18.5 Å². The second-order valence-corrected chi connectivity index (χ2v) is 5.70. The number of rotatable bonds is 7. The average molecular weight is 354 g/mol. The monoisotopic (exact) mass is 354 g/mol. The highest BCUT2D eigenvalue weighted by atomic mass is 16.5. The molecule has 8 nitrogen and oxygen atoms in total. The first-order chi connectivity index (χ1) is 12.7. The van der Waals surface area contributed by atoms with Gasteiger partial charge >= 0.3 is 6.09 Å². The summed E-state index contributed by atoms with van der Waals surface area (Å²) in [4.78, 5) is 15.4. The van der Waals surface area contributed by atoms with Crippen LogP contribution in [0.25, 0.3) is 16.9 Å². The molecule has 0 spiro atoms. The highest BCUT2D eigenvalue weighted by Crippen LogP contribution is 2.21. The van der Waals surface area contributed by atoms with Crippen LogP contribution in [-0.2, 0) is 11.3 Å². The Labute approximate surface area is 151 Å². The number of benzene rings is 1. The smallest absolute Gasteiger partial charge is 0.406 e. The molecule has 1 amide bonds. The molecule has 0 radical (unpaired) electrons. The number of hydrogen-bond donors (Lipinski definition) is 3. The lowest BCUT2D eigenvalue weighted by Gasteiger charge is -2.08. The molecule has 8 heteroatoms. The number of carbonyl (C=O) groups excluding carboxylic acids is 1. The fourth-order valence-corrected chi connectivity index (χ4v) is 2.50. The third kappa shape index (κ3) is 4.09. The van der Waals surface area contributed by atoms with E-state index in [0.717, 1.165) is 28.3 Å². The minimum Gasteiger partial charge on any atom is -0.450 e. The van der Waals surface area contributed by atoms with E-state index in [9.17, 15) is 4.79 Å². The molecule has 26 heavy (non-hydrogen) atoms. The molecule has 1 aromatic carbocycles. The maximum atomic E-state index is 11.0. The van der Waals surface area contributed by atoms with Crippen LogP contribution in [0.1, 0.15) is 12.0 Å². The van der Waals surface area contributed by atoms with Crippen molar-refractivity contribution in [3.05, 3.63) is 48.2 Å². The fraction of sp³-hybridized carbons (Fsp3) is 0.278. The van der Waals surface area contributed by atoms with Crippen LogP contribution in [0.5, 0.6) is 0 Å². The van der Waals surface area contributed by atoms with Crippen molar-refractivity contribution in [2.24, 2.45) is 5.73 Å². The van der Waals surface area contributed by atoms with E-state index in [1.54, 1.807) is 10.7 Å². The molecule has 0 unspecified atom stereocenters. The lowest BCUT2D eigenvalue weighted by atomic mass is 10.1. The number of alkyl carbamates (subject to hydrolysis) is 1. The van der Waals surface area contributed by atoms with Gasteiger partial charge in [-0.25, -0.2) is 14.3 Å². The third-order valence-corrected chi connectivity index (χ3v) is 3.91. The number of fused-ring (bicyclic) bond motifs is 1. The zero-order chi connectivity index (χ0) is 18.4. The molecular weight excluding hydrogens is 332 g/mol. The Morgan fingerprint density at radius 3 is 2.77 bits per heavy atom. The quantitative estimate of drug-likeness (QED) is 0.560. The summed E-state index contributed by atoms with van der Waals surface area (Å²) in [5, 5.41) is 10.2. The molecule has 0 bridgehead atoms. The van der Waals surface area contributed by atoms with Gasteiger partial charge in [-0.1, -0.05) is 24.3 Å². The molecule has 2 heterocycles. The molecule has 0 atom stereocenters. The zero-order valence-electron chi connectivity index (χ0n) is 14.6. The number of nitrogens with zero attached hydrogens (tertiary/aromatic N) is 3. The number of amides is 1. The number of anilines is 1. The van der Waals surface area contributed by atoms with Crippen LogP contribution in [0.4, 0.5) is 10.6 Å². The van der Waals surface area contributed by atoms with Crippen molar-refractivity contribution in [1.82, 2.24) is 19.9 Å². The summed E-state index contributed by atoms with van der Waals surface area (Å²) in [7, 11) is 1.53. The lowest BCUT2D eigenvalue weighted by Crippen LogP contribution is -2.20. The number of carbonyl (C=O) groups is 1. The average Bonchev–Trinajstić information content (AvgIpc) is 3.10. The number of imidazole rings is 1. The highest BCUT2D eigenvalue weighted by molar-refractivity contribution is 5.66. The number of ether oxygens (including phenoxy) is 1. The molecule has 0 saturated carbocycles. The predicted octanol–water partition coefficient (Wildman–Crippen LogP) is 2.01. The van der Waals surface area contributed by atoms with Crippen LogP contribution < -0.4 is 16.4 Å². The molecule has 136 valence electrons. The molecule has 2 aromatic heterocycles. The minimum atomic E-state index is -0.423. The second kappa shape index (κ2) is 8.30. The lowest BCUT2D eigenvalue weighted by molar-refractivity contribution is 0.148. The first-order valence-corrected chi connectivity index (χ1v) is 8.44. The summed E-state index contributed by atoms with van der Waals surface area (Å²) in [6.45, 7) is 1.51. The predicted molar refractivity (Wildman–Crippen MR) is 99.8 cm³/mol. The van der Waals surface area contributed by atoms with E-state index in [4.69, 9.17) is 10.5 Å². The fourth-order valence-electron chi connectivity index (χ4n) is 2.50. The largest absolute Gasteiger partial charge is 0.450 e. The van der Waals surface area contributed by atoms with Gasteiger partial charge in [0.2, 0.25) is 0 Å². The van der Waals surface area contributed by atoms with Crippen molar-refractivity contribution >= 4 is 17.6 Å². The van der Waals surface area contributed by atoms with Crippen molar-refractivity contribution in [2.75, 3.05) is 25.5 Å². The van der Waals surface area contributed by atoms with Crippen molar-refractivity contribution in [3.8, 4) is 11.3 Å². The summed E-state index contributed by atoms with van der Waals surface area (Å²) < 4.78 is 6.75. The van der Waals surface area contributed by atoms with Crippen LogP contribution in [0.15, 0.2) is 42.6 Å². The van der Waals surface area contributed by atoms with E-state index in [1.807, 2.05) is 36.4 Å². The molecule has 0 fully saturated rings. The van der Waals surface area contributed by atoms with E-state index in [1.165, 1.54) is 7.05 Å². The molecule has 4 N–H and O–H groups in total. The van der Waals surface area contributed by atoms with Crippen molar-refractivity contribution in [1.29, 1.82) is 0 Å². The molecule has 0 saturated heterocycles. The molecule has 0 aliphatic rings. The topological polar surface area (TPSA) is 107 Å². The maximum Gasteiger partial charge on any atom is 0.406 e. The Balaban J connectivity index is 1.68. The number of nitrogens with two attached hydrogens (primary N) is 1. The normalized spacial score (nSPS) is 10.7. The summed E-state index contributed by atoms with van der Waals surface area (Å²) in [6, 6.07) is 11.8. The van der Waals surface area contributed by atoms with E-state index in [-0.39, 0.29) is 0 Å². The number of nitrogens with one attached hydrogen (secondary N) is 2.